The molecule has 2 aliphatic rings. The normalized spacial score (nSPS) is 17.4. The van der Waals surface area contributed by atoms with E-state index in [1.807, 2.05) is 23.1 Å². The van der Waals surface area contributed by atoms with Crippen LogP contribution in [0.25, 0.3) is 0 Å². The van der Waals surface area contributed by atoms with E-state index < -0.39 is 5.54 Å². The van der Waals surface area contributed by atoms with Crippen LogP contribution in [0.4, 0.5) is 5.69 Å². The molecule has 2 amide bonds. The molecule has 3 rings (SSSR count). The summed E-state index contributed by atoms with van der Waals surface area (Å²) in [5, 5.41) is 0. The molecular weight excluding hydrogens is 387 g/mol. The highest BCUT2D eigenvalue weighted by Gasteiger charge is 2.31. The monoisotopic (exact) mass is 416 g/mol. The van der Waals surface area contributed by atoms with Crippen LogP contribution < -0.4 is 10.6 Å². The van der Waals surface area contributed by atoms with E-state index in [2.05, 4.69) is 11.0 Å². The maximum absolute atomic E-state index is 12.8. The minimum atomic E-state index is -0.838. The molecule has 0 aliphatic carbocycles. The molecule has 0 spiro atoms. The van der Waals surface area contributed by atoms with Crippen LogP contribution >= 0.6 is 24.8 Å². The molecule has 6 nitrogen and oxygen atoms in total. The van der Waals surface area contributed by atoms with Crippen LogP contribution in [-0.4, -0.2) is 66.4 Å². The fourth-order valence-corrected chi connectivity index (χ4v) is 3.59. The smallest absolute Gasteiger partial charge is 0.242 e. The van der Waals surface area contributed by atoms with Crippen LogP contribution in [0.5, 0.6) is 0 Å². The summed E-state index contributed by atoms with van der Waals surface area (Å²) in [4.78, 5) is 30.9. The number of carbonyl (C=O) groups excluding carboxylic acids is 2. The molecule has 0 aromatic heterocycles. The second-order valence-corrected chi connectivity index (χ2v) is 7.57. The molecule has 152 valence electrons. The summed E-state index contributed by atoms with van der Waals surface area (Å²) in [5.41, 5.74) is 7.37. The molecule has 1 aromatic carbocycles. The lowest BCUT2D eigenvalue weighted by Gasteiger charge is -2.38. The Morgan fingerprint density at radius 1 is 1.04 bits per heavy atom. The number of fused-ring (bicyclic) bond motifs is 1. The third-order valence-corrected chi connectivity index (χ3v) is 4.98. The summed E-state index contributed by atoms with van der Waals surface area (Å²) in [7, 11) is 0. The second-order valence-electron chi connectivity index (χ2n) is 7.57. The van der Waals surface area contributed by atoms with E-state index in [1.54, 1.807) is 18.7 Å². The van der Waals surface area contributed by atoms with Crippen molar-refractivity contribution in [3.8, 4) is 0 Å². The maximum Gasteiger partial charge on any atom is 0.242 e. The van der Waals surface area contributed by atoms with E-state index in [0.29, 0.717) is 32.7 Å². The quantitative estimate of drug-likeness (QED) is 0.813. The molecule has 2 heterocycles. The van der Waals surface area contributed by atoms with Gasteiger partial charge in [0.15, 0.2) is 0 Å². The summed E-state index contributed by atoms with van der Waals surface area (Å²) >= 11 is 0. The van der Waals surface area contributed by atoms with Gasteiger partial charge in [0.25, 0.3) is 0 Å². The highest BCUT2D eigenvalue weighted by molar-refractivity contribution is 5.96. The molecule has 1 saturated heterocycles. The number of nitrogens with two attached hydrogens (primary N) is 1. The number of piperazine rings is 1. The van der Waals surface area contributed by atoms with Crippen molar-refractivity contribution in [1.82, 2.24) is 9.80 Å². The third-order valence-electron chi connectivity index (χ3n) is 4.98. The van der Waals surface area contributed by atoms with E-state index in [4.69, 9.17) is 5.73 Å². The zero-order valence-corrected chi connectivity index (χ0v) is 17.7. The average molecular weight is 417 g/mol. The van der Waals surface area contributed by atoms with E-state index in [0.717, 1.165) is 25.1 Å². The topological polar surface area (TPSA) is 69.9 Å². The van der Waals surface area contributed by atoms with Crippen LogP contribution in [0, 0.1) is 0 Å². The lowest BCUT2D eigenvalue weighted by atomic mass is 10.0. The molecule has 1 aromatic rings. The van der Waals surface area contributed by atoms with Gasteiger partial charge >= 0.3 is 0 Å². The summed E-state index contributed by atoms with van der Waals surface area (Å²) in [5.74, 6) is 0.120. The molecule has 0 radical (unpaired) electrons. The third kappa shape index (κ3) is 5.57. The fourth-order valence-electron chi connectivity index (χ4n) is 3.59. The maximum atomic E-state index is 12.8. The van der Waals surface area contributed by atoms with E-state index in [-0.39, 0.29) is 36.6 Å². The van der Waals surface area contributed by atoms with Gasteiger partial charge in [-0.05, 0) is 38.3 Å². The lowest BCUT2D eigenvalue weighted by Crippen LogP contribution is -2.58. The van der Waals surface area contributed by atoms with Crippen molar-refractivity contribution in [2.45, 2.75) is 32.2 Å². The first kappa shape index (κ1) is 23.7. The average Bonchev–Trinajstić information content (AvgIpc) is 2.60. The van der Waals surface area contributed by atoms with Crippen LogP contribution in [-0.2, 0) is 16.0 Å². The fraction of sp³-hybridized carbons (Fsp3) is 0.579. The Kier molecular flexibility index (Phi) is 8.54. The lowest BCUT2D eigenvalue weighted by molar-refractivity contribution is -0.137. The van der Waals surface area contributed by atoms with Gasteiger partial charge < -0.3 is 15.5 Å². The van der Waals surface area contributed by atoms with Gasteiger partial charge in [-0.1, -0.05) is 18.2 Å². The number of benzene rings is 1. The first-order valence-electron chi connectivity index (χ1n) is 9.05. The highest BCUT2D eigenvalue weighted by Crippen LogP contribution is 2.26. The zero-order chi connectivity index (χ0) is 18.0. The predicted octanol–water partition coefficient (Wildman–Crippen LogP) is 1.69. The Bertz CT molecular complexity index is 655. The van der Waals surface area contributed by atoms with Gasteiger partial charge in [-0.2, -0.15) is 0 Å². The molecule has 1 fully saturated rings. The zero-order valence-electron chi connectivity index (χ0n) is 16.0. The van der Waals surface area contributed by atoms with Gasteiger partial charge in [0, 0.05) is 38.4 Å². The Labute approximate surface area is 173 Å². The summed E-state index contributed by atoms with van der Waals surface area (Å²) in [6.45, 7) is 7.34. The number of hydrogen-bond acceptors (Lipinski definition) is 4. The number of nitrogens with zero attached hydrogens (tertiary/aromatic N) is 3. The Morgan fingerprint density at radius 2 is 1.67 bits per heavy atom. The van der Waals surface area contributed by atoms with Crippen LogP contribution in [0.2, 0.25) is 0 Å². The van der Waals surface area contributed by atoms with Gasteiger partial charge in [-0.15, -0.1) is 24.8 Å². The van der Waals surface area contributed by atoms with E-state index in [9.17, 15) is 9.59 Å². The first-order chi connectivity index (χ1) is 11.9. The first-order valence-corrected chi connectivity index (χ1v) is 9.05. The minimum Gasteiger partial charge on any atom is -0.339 e. The van der Waals surface area contributed by atoms with Crippen molar-refractivity contribution in [1.29, 1.82) is 0 Å². The number of aryl methyl sites for hydroxylation is 1. The van der Waals surface area contributed by atoms with E-state index in [1.165, 1.54) is 5.56 Å². The predicted molar refractivity (Wildman–Crippen MR) is 113 cm³/mol. The Balaban J connectivity index is 0.00000182. The number of anilines is 1. The van der Waals surface area contributed by atoms with Gasteiger partial charge in [0.1, 0.15) is 0 Å². The van der Waals surface area contributed by atoms with E-state index >= 15 is 0 Å². The number of para-hydroxylation sites is 1. The molecule has 0 atom stereocenters. The van der Waals surface area contributed by atoms with Crippen LogP contribution in [0.15, 0.2) is 24.3 Å². The van der Waals surface area contributed by atoms with Gasteiger partial charge in [0.2, 0.25) is 11.8 Å². The number of amides is 2. The van der Waals surface area contributed by atoms with Crippen molar-refractivity contribution in [3.63, 3.8) is 0 Å². The van der Waals surface area contributed by atoms with Crippen LogP contribution in [0.1, 0.15) is 25.8 Å². The molecule has 0 saturated carbocycles. The largest absolute Gasteiger partial charge is 0.339 e. The molecule has 8 heteroatoms. The van der Waals surface area contributed by atoms with Crippen molar-refractivity contribution in [3.05, 3.63) is 29.8 Å². The van der Waals surface area contributed by atoms with Crippen molar-refractivity contribution in [2.24, 2.45) is 5.73 Å². The van der Waals surface area contributed by atoms with Gasteiger partial charge in [-0.25, -0.2) is 0 Å². The standard InChI is InChI=1S/C19H28N4O2.2ClH/c1-19(2,20)18(25)22-12-10-21(11-13-22)14-17(24)23-9-5-7-15-6-3-4-8-16(15)23;;/h3-4,6,8H,5,7,9-14,20H2,1-2H3;2*1H. The highest BCUT2D eigenvalue weighted by atomic mass is 35.5. The number of rotatable bonds is 3. The summed E-state index contributed by atoms with van der Waals surface area (Å²) < 4.78 is 0. The minimum absolute atomic E-state index is 0. The summed E-state index contributed by atoms with van der Waals surface area (Å²) in [6.07, 6.45) is 2.05. The van der Waals surface area contributed by atoms with Crippen molar-refractivity contribution in [2.75, 3.05) is 44.2 Å². The Hall–Kier alpha value is -1.34. The molecule has 0 unspecified atom stereocenters. The van der Waals surface area contributed by atoms with Crippen molar-refractivity contribution >= 4 is 42.3 Å². The summed E-state index contributed by atoms with van der Waals surface area (Å²) in [6, 6.07) is 8.16. The molecule has 27 heavy (non-hydrogen) atoms. The molecule has 0 bridgehead atoms. The van der Waals surface area contributed by atoms with Crippen molar-refractivity contribution < 1.29 is 9.59 Å². The Morgan fingerprint density at radius 3 is 2.30 bits per heavy atom. The van der Waals surface area contributed by atoms with Crippen LogP contribution in [0.3, 0.4) is 0 Å². The second kappa shape index (κ2) is 9.73. The molecule has 2 aliphatic heterocycles. The number of carbonyl (C=O) groups is 2. The van der Waals surface area contributed by atoms with Gasteiger partial charge in [0.05, 0.1) is 12.1 Å². The van der Waals surface area contributed by atoms with Gasteiger partial charge in [-0.3, -0.25) is 14.5 Å². The molecule has 2 N–H and O–H groups in total. The SMILES string of the molecule is CC(C)(N)C(=O)N1CCN(CC(=O)N2CCCc3ccccc32)CC1.Cl.Cl. The molecular formula is C19H30Cl2N4O2. The number of halogens is 2. The number of hydrogen-bond donors (Lipinski definition) is 1.